The average Bonchev–Trinajstić information content (AvgIpc) is 2.16. The predicted octanol–water partition coefficient (Wildman–Crippen LogP) is 2.28. The maximum atomic E-state index is 13.1. The van der Waals surface area contributed by atoms with Crippen LogP contribution in [0.5, 0.6) is 5.75 Å². The van der Waals surface area contributed by atoms with Crippen LogP contribution in [0.15, 0.2) is 18.2 Å². The summed E-state index contributed by atoms with van der Waals surface area (Å²) in [5.41, 5.74) is 0.584. The van der Waals surface area contributed by atoms with Gasteiger partial charge >= 0.3 is 0 Å². The van der Waals surface area contributed by atoms with Crippen molar-refractivity contribution in [3.63, 3.8) is 0 Å². The highest BCUT2D eigenvalue weighted by Crippen LogP contribution is 2.22. The van der Waals surface area contributed by atoms with Crippen LogP contribution in [0.1, 0.15) is 25.0 Å². The second-order valence-corrected chi connectivity index (χ2v) is 2.82. The van der Waals surface area contributed by atoms with E-state index in [1.54, 1.807) is 6.07 Å². The van der Waals surface area contributed by atoms with Crippen molar-refractivity contribution in [1.82, 2.24) is 0 Å². The molecule has 72 valence electrons. The van der Waals surface area contributed by atoms with E-state index in [0.717, 1.165) is 0 Å². The fraction of sp³-hybridized carbons (Fsp3) is 0.400. The molecular weight excluding hydrogens is 171 g/mol. The first-order valence-corrected chi connectivity index (χ1v) is 4.20. The van der Waals surface area contributed by atoms with Gasteiger partial charge in [-0.2, -0.15) is 0 Å². The highest BCUT2D eigenvalue weighted by atomic mass is 19.1. The lowest BCUT2D eigenvalue weighted by atomic mass is 10.1. The third-order valence-corrected chi connectivity index (χ3v) is 1.95. The van der Waals surface area contributed by atoms with E-state index in [4.69, 9.17) is 4.74 Å². The molecule has 0 saturated heterocycles. The van der Waals surface area contributed by atoms with Crippen molar-refractivity contribution in [2.24, 2.45) is 0 Å². The van der Waals surface area contributed by atoms with Crippen LogP contribution in [0, 0.1) is 5.82 Å². The van der Waals surface area contributed by atoms with Crippen LogP contribution in [0.25, 0.3) is 0 Å². The van der Waals surface area contributed by atoms with Crippen molar-refractivity contribution in [1.29, 1.82) is 0 Å². The summed E-state index contributed by atoms with van der Waals surface area (Å²) in [5.74, 6) is -0.237. The summed E-state index contributed by atoms with van der Waals surface area (Å²) in [7, 11) is 1.41. The topological polar surface area (TPSA) is 29.5 Å². The van der Waals surface area contributed by atoms with Gasteiger partial charge in [0.05, 0.1) is 13.2 Å². The van der Waals surface area contributed by atoms with Crippen LogP contribution < -0.4 is 4.74 Å². The van der Waals surface area contributed by atoms with E-state index < -0.39 is 11.9 Å². The van der Waals surface area contributed by atoms with E-state index in [1.807, 2.05) is 6.92 Å². The Kier molecular flexibility index (Phi) is 3.25. The van der Waals surface area contributed by atoms with Crippen LogP contribution in [-0.2, 0) is 0 Å². The lowest BCUT2D eigenvalue weighted by Gasteiger charge is -2.09. The summed E-state index contributed by atoms with van der Waals surface area (Å²) in [4.78, 5) is 0. The largest absolute Gasteiger partial charge is 0.494 e. The first-order valence-electron chi connectivity index (χ1n) is 4.20. The molecule has 1 rings (SSSR count). The first-order chi connectivity index (χ1) is 6.19. The molecule has 1 aromatic carbocycles. The van der Waals surface area contributed by atoms with Crippen molar-refractivity contribution < 1.29 is 14.2 Å². The Hall–Kier alpha value is -1.09. The molecule has 0 saturated carbocycles. The maximum absolute atomic E-state index is 13.1. The van der Waals surface area contributed by atoms with Gasteiger partial charge < -0.3 is 9.84 Å². The van der Waals surface area contributed by atoms with E-state index >= 15 is 0 Å². The number of ether oxygens (including phenoxy) is 1. The lowest BCUT2D eigenvalue weighted by molar-refractivity contribution is 0.173. The highest BCUT2D eigenvalue weighted by Gasteiger charge is 2.08. The second-order valence-electron chi connectivity index (χ2n) is 2.82. The smallest absolute Gasteiger partial charge is 0.165 e. The maximum Gasteiger partial charge on any atom is 0.165 e. The molecule has 0 spiro atoms. The zero-order valence-corrected chi connectivity index (χ0v) is 7.75. The lowest BCUT2D eigenvalue weighted by Crippen LogP contribution is -1.97. The fourth-order valence-corrected chi connectivity index (χ4v) is 1.13. The molecule has 0 aromatic heterocycles. The summed E-state index contributed by atoms with van der Waals surface area (Å²) in [6, 6.07) is 4.48. The molecule has 0 aliphatic heterocycles. The molecule has 0 amide bonds. The van der Waals surface area contributed by atoms with Crippen LogP contribution in [0.4, 0.5) is 4.39 Å². The number of halogens is 1. The van der Waals surface area contributed by atoms with Crippen molar-refractivity contribution in [2.75, 3.05) is 7.11 Å². The molecule has 0 fully saturated rings. The number of hydrogen-bond acceptors (Lipinski definition) is 2. The zero-order chi connectivity index (χ0) is 9.84. The number of rotatable bonds is 3. The van der Waals surface area contributed by atoms with E-state index in [9.17, 15) is 9.50 Å². The van der Waals surface area contributed by atoms with Gasteiger partial charge in [-0.25, -0.2) is 4.39 Å². The summed E-state index contributed by atoms with van der Waals surface area (Å²) in [6.07, 6.45) is -0.0217. The summed E-state index contributed by atoms with van der Waals surface area (Å²) < 4.78 is 17.9. The van der Waals surface area contributed by atoms with Gasteiger partial charge in [0.25, 0.3) is 0 Å². The molecule has 1 N–H and O–H groups in total. The van der Waals surface area contributed by atoms with Gasteiger partial charge in [0.15, 0.2) is 11.6 Å². The SMILES string of the molecule is CC[C@H](O)c1ccc(OC)c(F)c1. The summed E-state index contributed by atoms with van der Waals surface area (Å²) in [5, 5.41) is 9.41. The van der Waals surface area contributed by atoms with Crippen molar-refractivity contribution in [3.05, 3.63) is 29.6 Å². The molecule has 0 unspecified atom stereocenters. The van der Waals surface area contributed by atoms with Gasteiger partial charge in [-0.15, -0.1) is 0 Å². The molecule has 0 aliphatic rings. The molecule has 0 radical (unpaired) electrons. The second kappa shape index (κ2) is 4.23. The standard InChI is InChI=1S/C10H13FO2/c1-3-9(12)7-4-5-10(13-2)8(11)6-7/h4-6,9,12H,3H2,1-2H3/t9-/m0/s1. The normalized spacial score (nSPS) is 12.6. The molecule has 1 aromatic rings. The van der Waals surface area contributed by atoms with Crippen molar-refractivity contribution in [2.45, 2.75) is 19.4 Å². The van der Waals surface area contributed by atoms with Crippen LogP contribution >= 0.6 is 0 Å². The van der Waals surface area contributed by atoms with Crippen molar-refractivity contribution >= 4 is 0 Å². The Morgan fingerprint density at radius 2 is 2.23 bits per heavy atom. The Bertz CT molecular complexity index is 286. The van der Waals surface area contributed by atoms with Crippen LogP contribution in [0.2, 0.25) is 0 Å². The fourth-order valence-electron chi connectivity index (χ4n) is 1.13. The van der Waals surface area contributed by atoms with E-state index in [-0.39, 0.29) is 5.75 Å². The number of benzene rings is 1. The van der Waals surface area contributed by atoms with Gasteiger partial charge in [-0.1, -0.05) is 13.0 Å². The van der Waals surface area contributed by atoms with E-state index in [2.05, 4.69) is 0 Å². The van der Waals surface area contributed by atoms with Gasteiger partial charge in [0.1, 0.15) is 0 Å². The molecule has 3 heteroatoms. The molecule has 1 atom stereocenters. The van der Waals surface area contributed by atoms with E-state index in [1.165, 1.54) is 19.2 Å². The van der Waals surface area contributed by atoms with Gasteiger partial charge in [0.2, 0.25) is 0 Å². The average molecular weight is 184 g/mol. The quantitative estimate of drug-likeness (QED) is 0.780. The molecule has 0 heterocycles. The third-order valence-electron chi connectivity index (χ3n) is 1.95. The molecule has 2 nitrogen and oxygen atoms in total. The molecule has 0 bridgehead atoms. The minimum atomic E-state index is -0.597. The van der Waals surface area contributed by atoms with Crippen LogP contribution in [0.3, 0.4) is 0 Å². The molecular formula is C10H13FO2. The predicted molar refractivity (Wildman–Crippen MR) is 48.2 cm³/mol. The Morgan fingerprint density at radius 1 is 1.54 bits per heavy atom. The summed E-state index contributed by atoms with van der Waals surface area (Å²) >= 11 is 0. The zero-order valence-electron chi connectivity index (χ0n) is 7.75. The number of hydrogen-bond donors (Lipinski definition) is 1. The molecule has 13 heavy (non-hydrogen) atoms. The molecule has 0 aliphatic carbocycles. The van der Waals surface area contributed by atoms with Gasteiger partial charge in [-0.05, 0) is 24.1 Å². The Labute approximate surface area is 77.0 Å². The summed E-state index contributed by atoms with van der Waals surface area (Å²) in [6.45, 7) is 1.84. The van der Waals surface area contributed by atoms with E-state index in [0.29, 0.717) is 12.0 Å². The number of methoxy groups -OCH3 is 1. The Balaban J connectivity index is 2.95. The van der Waals surface area contributed by atoms with Crippen molar-refractivity contribution in [3.8, 4) is 5.75 Å². The number of aliphatic hydroxyl groups excluding tert-OH is 1. The van der Waals surface area contributed by atoms with Gasteiger partial charge in [0, 0.05) is 0 Å². The highest BCUT2D eigenvalue weighted by molar-refractivity contribution is 5.30. The minimum absolute atomic E-state index is 0.201. The Morgan fingerprint density at radius 3 is 2.69 bits per heavy atom. The van der Waals surface area contributed by atoms with Crippen LogP contribution in [-0.4, -0.2) is 12.2 Å². The monoisotopic (exact) mass is 184 g/mol. The number of aliphatic hydroxyl groups is 1. The first kappa shape index (κ1) is 9.99. The van der Waals surface area contributed by atoms with Gasteiger partial charge in [-0.3, -0.25) is 0 Å². The third kappa shape index (κ3) is 2.18. The minimum Gasteiger partial charge on any atom is -0.494 e.